The first-order chi connectivity index (χ1) is 61.4. The van der Waals surface area contributed by atoms with E-state index in [1.807, 2.05) is 118 Å². The normalized spacial score (nSPS) is 16.0. The lowest BCUT2D eigenvalue weighted by molar-refractivity contribution is -0.145. The van der Waals surface area contributed by atoms with Gasteiger partial charge in [-0.2, -0.15) is 0 Å². The lowest BCUT2D eigenvalue weighted by Gasteiger charge is -2.26. The topological polar surface area (TPSA) is 701 Å². The van der Waals surface area contributed by atoms with E-state index in [1.165, 1.54) is 10.8 Å². The van der Waals surface area contributed by atoms with Crippen molar-refractivity contribution >= 4 is 157 Å². The van der Waals surface area contributed by atoms with Gasteiger partial charge in [0.15, 0.2) is 5.96 Å². The van der Waals surface area contributed by atoms with Gasteiger partial charge in [-0.3, -0.25) is 101 Å². The molecule has 0 saturated carbocycles. The van der Waals surface area contributed by atoms with Gasteiger partial charge in [0.25, 0.3) is 0 Å². The number of amides is 13. The number of nitrogens with two attached hydrogens (primary N) is 1. The zero-order valence-electron chi connectivity index (χ0n) is 69.2. The Morgan fingerprint density at radius 3 is 1.12 bits per heavy atom. The van der Waals surface area contributed by atoms with Crippen molar-refractivity contribution in [1.29, 1.82) is 5.41 Å². The summed E-state index contributed by atoms with van der Waals surface area (Å²) >= 11 is 0. The molecule has 0 radical (unpaired) electrons. The minimum absolute atomic E-state index is 0.0118. The molecule has 10 atom stereocenters. The molecule has 24 N–H and O–H groups in total. The molecule has 5 aromatic rings. The first-order valence-corrected chi connectivity index (χ1v) is 42.6. The summed E-state index contributed by atoms with van der Waals surface area (Å²) in [6.07, 6.45) is -10.4. The van der Waals surface area contributed by atoms with E-state index in [9.17, 15) is 132 Å². The number of carbonyl (C=O) groups is 20. The Bertz CT molecular complexity index is 4840. The Morgan fingerprint density at radius 1 is 0.364 bits per heavy atom. The largest absolute Gasteiger partial charge is 0.481 e. The maximum atomic E-state index is 14.3. The van der Waals surface area contributed by atoms with Crippen LogP contribution in [-0.2, 0) is 109 Å². The zero-order chi connectivity index (χ0) is 94.7. The molecule has 1 fully saturated rings. The van der Waals surface area contributed by atoms with E-state index in [0.29, 0.717) is 5.56 Å². The highest BCUT2D eigenvalue weighted by molar-refractivity contribution is 8.76. The van der Waals surface area contributed by atoms with Crippen molar-refractivity contribution in [1.82, 2.24) is 74.4 Å². The van der Waals surface area contributed by atoms with Crippen LogP contribution in [0.2, 0.25) is 0 Å². The number of benzene rings is 5. The van der Waals surface area contributed by atoms with Gasteiger partial charge in [-0.25, -0.2) is 0 Å². The second-order valence-corrected chi connectivity index (χ2v) is 31.8. The second kappa shape index (κ2) is 53.5. The molecule has 5 aromatic carbocycles. The average Bonchev–Trinajstić information content (AvgIpc) is 0.817. The van der Waals surface area contributed by atoms with Gasteiger partial charge < -0.3 is 116 Å². The van der Waals surface area contributed by atoms with E-state index >= 15 is 0 Å². The van der Waals surface area contributed by atoms with E-state index in [2.05, 4.69) is 72.1 Å². The number of nitrogens with one attached hydrogen (secondary N) is 15. The third kappa shape index (κ3) is 37.5. The zero-order valence-corrected chi connectivity index (χ0v) is 70.8. The summed E-state index contributed by atoms with van der Waals surface area (Å²) in [5.41, 5.74) is 12.7. The van der Waals surface area contributed by atoms with Crippen LogP contribution in [-0.4, -0.2) is 252 Å². The highest BCUT2D eigenvalue weighted by atomic mass is 33.1. The molecule has 1 aliphatic heterocycles. The van der Waals surface area contributed by atoms with E-state index in [1.54, 1.807) is 30.3 Å². The van der Waals surface area contributed by atoms with Gasteiger partial charge in [-0.15, -0.1) is 0 Å². The summed E-state index contributed by atoms with van der Waals surface area (Å²) in [6, 6.07) is 25.8. The third-order valence-electron chi connectivity index (χ3n) is 19.0. The summed E-state index contributed by atoms with van der Waals surface area (Å²) < 4.78 is 0. The SMILES string of the molecule is N=C(N)NCCC[C@@H]1NC(=O)[C@H](CCCCNC(=O)[C@H](CC(=O)O)NC(=O)[C@H](CC(=O)O)NC(=O)[C@H](CC(=O)O)NC(=O)[C@H](CC(=O)O)NC(=O)[C@H](CC(=O)O)NC(=O)[C@H](CC(=O)O)NC(=O)CCSSCCC(=O)NCc2ccc(C(=C(c3ccccc3)c3ccccc3)c3ccccc3)cc2)NC(=O)[C@H](Cc2ccccc2)NC(=O)[C@H](CC(=O)O)NC(=O)CNC1=O. The standard InChI is InChI=1S/C84H100N16O27S2/c85-84(86)88-33-15-25-52-74(118)90-45-64(103)92-57(39-67(108)109)79(123)95-54(36-46-16-5-1-6-17-46)77(121)94-53(76(120)93-52)24-13-14-32-87-75(119)55(37-65(104)105)96-80(124)58(40-68(110)111)98-82(126)60(42-70(114)115)100-83(127)61(43-71(116)117)99-81(125)59(41-69(112)113)97-78(122)56(38-66(106)107)91-63(102)31-35-129-128-34-30-62(101)89-44-47-26-28-51(29-27-47)73(50-22-11-4-12-23-50)72(48-18-7-2-8-19-48)49-20-9-3-10-21-49/h1-12,16-23,26-29,52-61H,13-15,24-25,30-45H2,(H,87,119)(H,89,101)(H,90,118)(H,91,102)(H,92,103)(H,93,120)(H,94,121)(H,95,123)(H,96,124)(H,97,122)(H,98,126)(H,99,125)(H,100,127)(H,104,105)(H,106,107)(H,108,109)(H,110,111)(H,112,113)(H,114,115)(H,116,117)(H4,85,86,88)/t52-,53-,54-,55-,56-,57-,58-,59-,60-,61-/m0/s1. The Morgan fingerprint density at radius 2 is 0.713 bits per heavy atom. The fraction of sp³-hybridized carbons (Fsp3) is 0.369. The Labute approximate surface area is 744 Å². The summed E-state index contributed by atoms with van der Waals surface area (Å²) in [5.74, 6) is -28.4. The molecule has 45 heteroatoms. The molecule has 690 valence electrons. The van der Waals surface area contributed by atoms with Crippen LogP contribution >= 0.6 is 21.6 Å². The van der Waals surface area contributed by atoms with Crippen LogP contribution in [0.3, 0.4) is 0 Å². The maximum Gasteiger partial charge on any atom is 0.305 e. The fourth-order valence-electron chi connectivity index (χ4n) is 12.8. The van der Waals surface area contributed by atoms with Crippen LogP contribution in [0, 0.1) is 5.41 Å². The lowest BCUT2D eigenvalue weighted by atomic mass is 9.85. The molecule has 0 aliphatic carbocycles. The van der Waals surface area contributed by atoms with Crippen LogP contribution in [0.15, 0.2) is 146 Å². The highest BCUT2D eigenvalue weighted by Crippen LogP contribution is 2.37. The summed E-state index contributed by atoms with van der Waals surface area (Å²) in [6.45, 7) is -1.02. The maximum absolute atomic E-state index is 14.3. The molecule has 6 rings (SSSR count). The second-order valence-electron chi connectivity index (χ2n) is 29.1. The van der Waals surface area contributed by atoms with Gasteiger partial charge in [-0.05, 0) is 76.6 Å². The van der Waals surface area contributed by atoms with Crippen molar-refractivity contribution in [3.63, 3.8) is 0 Å². The fourth-order valence-corrected chi connectivity index (χ4v) is 14.8. The average molecular weight is 1830 g/mol. The molecule has 13 amide bonds. The predicted octanol–water partition coefficient (Wildman–Crippen LogP) is -1.44. The first kappa shape index (κ1) is 103. The van der Waals surface area contributed by atoms with Gasteiger partial charge in [0.1, 0.15) is 60.4 Å². The Balaban J connectivity index is 1.05. The number of hydrogen-bond donors (Lipinski definition) is 23. The minimum atomic E-state index is -2.45. The van der Waals surface area contributed by atoms with Crippen molar-refractivity contribution in [2.75, 3.05) is 31.1 Å². The molecule has 129 heavy (non-hydrogen) atoms. The minimum Gasteiger partial charge on any atom is -0.481 e. The number of carbonyl (C=O) groups excluding carboxylic acids is 13. The van der Waals surface area contributed by atoms with Gasteiger partial charge in [0, 0.05) is 50.4 Å². The van der Waals surface area contributed by atoms with Crippen molar-refractivity contribution < 1.29 is 132 Å². The third-order valence-corrected chi connectivity index (χ3v) is 21.4. The number of rotatable bonds is 50. The van der Waals surface area contributed by atoms with E-state index in [4.69, 9.17) is 11.1 Å². The highest BCUT2D eigenvalue weighted by Gasteiger charge is 2.39. The van der Waals surface area contributed by atoms with Crippen molar-refractivity contribution in [2.24, 2.45) is 5.73 Å². The van der Waals surface area contributed by atoms with Crippen molar-refractivity contribution in [3.05, 3.63) is 179 Å². The number of aliphatic carboxylic acids is 7. The van der Waals surface area contributed by atoms with Crippen LogP contribution in [0.1, 0.15) is 123 Å². The van der Waals surface area contributed by atoms with Crippen LogP contribution < -0.4 is 80.2 Å². The van der Waals surface area contributed by atoms with Crippen molar-refractivity contribution in [2.45, 2.75) is 163 Å². The van der Waals surface area contributed by atoms with Crippen molar-refractivity contribution in [3.8, 4) is 0 Å². The Hall–Kier alpha value is -14.8. The van der Waals surface area contributed by atoms with Crippen LogP contribution in [0.4, 0.5) is 0 Å². The number of guanidine groups is 1. The number of carboxylic acid groups (broad SMARTS) is 7. The number of hydrogen-bond acceptors (Lipinski definition) is 23. The molecular weight excluding hydrogens is 1730 g/mol. The molecule has 0 unspecified atom stereocenters. The number of carboxylic acids is 7. The monoisotopic (exact) mass is 1830 g/mol. The first-order valence-electron chi connectivity index (χ1n) is 40.2. The molecule has 0 aromatic heterocycles. The molecule has 1 heterocycles. The van der Waals surface area contributed by atoms with E-state index < -0.39 is 237 Å². The molecule has 0 bridgehead atoms. The quantitative estimate of drug-likeness (QED) is 0.00697. The van der Waals surface area contributed by atoms with Crippen LogP contribution in [0.5, 0.6) is 0 Å². The van der Waals surface area contributed by atoms with Crippen LogP contribution in [0.25, 0.3) is 11.1 Å². The van der Waals surface area contributed by atoms with E-state index in [-0.39, 0.29) is 81.9 Å². The molecule has 0 spiro atoms. The lowest BCUT2D eigenvalue weighted by Crippen LogP contribution is -2.60. The number of unbranched alkanes of at least 4 members (excludes halogenated alkanes) is 1. The van der Waals surface area contributed by atoms with Gasteiger partial charge in [0.2, 0.25) is 76.8 Å². The predicted molar refractivity (Wildman–Crippen MR) is 461 cm³/mol. The summed E-state index contributed by atoms with van der Waals surface area (Å²) in [7, 11) is 2.38. The van der Waals surface area contributed by atoms with Gasteiger partial charge in [0.05, 0.1) is 51.5 Å². The van der Waals surface area contributed by atoms with Gasteiger partial charge >= 0.3 is 41.8 Å². The smallest absolute Gasteiger partial charge is 0.305 e. The molecule has 1 aliphatic rings. The molecular formula is C84H100N16O27S2. The van der Waals surface area contributed by atoms with Gasteiger partial charge in [-0.1, -0.05) is 167 Å². The Kier molecular flexibility index (Phi) is 42.7. The summed E-state index contributed by atoms with van der Waals surface area (Å²) in [4.78, 5) is 263. The summed E-state index contributed by atoms with van der Waals surface area (Å²) in [5, 5.41) is 107. The molecule has 1 saturated heterocycles. The molecule has 43 nitrogen and oxygen atoms in total. The van der Waals surface area contributed by atoms with E-state index in [0.717, 1.165) is 49.8 Å².